The van der Waals surface area contributed by atoms with Crippen LogP contribution in [0, 0.1) is 23.4 Å². The van der Waals surface area contributed by atoms with Crippen LogP contribution < -0.4 is 4.74 Å². The molecule has 1 atom stereocenters. The summed E-state index contributed by atoms with van der Waals surface area (Å²) < 4.78 is 54.7. The molecule has 3 aromatic rings. The molecule has 6 heteroatoms. The lowest BCUT2D eigenvalue weighted by Gasteiger charge is -2.27. The van der Waals surface area contributed by atoms with Gasteiger partial charge in [-0.05, 0) is 85.4 Å². The van der Waals surface area contributed by atoms with Gasteiger partial charge >= 0.3 is 5.97 Å². The summed E-state index contributed by atoms with van der Waals surface area (Å²) in [7, 11) is 0. The number of hydrogen-bond acceptors (Lipinski definition) is 3. The minimum atomic E-state index is -0.889. The molecule has 0 radical (unpaired) electrons. The maximum atomic E-state index is 15.1. The van der Waals surface area contributed by atoms with Crippen molar-refractivity contribution in [1.29, 1.82) is 0 Å². The third-order valence-electron chi connectivity index (χ3n) is 7.08. The van der Waals surface area contributed by atoms with Gasteiger partial charge in [0.1, 0.15) is 6.10 Å². The summed E-state index contributed by atoms with van der Waals surface area (Å²) in [4.78, 5) is 12.5. The normalized spacial score (nSPS) is 21.5. The van der Waals surface area contributed by atoms with Gasteiger partial charge < -0.3 is 9.47 Å². The fraction of sp³-hybridized carbons (Fsp3) is 0.300. The van der Waals surface area contributed by atoms with Gasteiger partial charge in [0.05, 0.1) is 12.2 Å². The van der Waals surface area contributed by atoms with Gasteiger partial charge in [-0.15, -0.1) is 0 Å². The number of carbonyl (C=O) groups is 1. The summed E-state index contributed by atoms with van der Waals surface area (Å²) >= 11 is 0. The predicted octanol–water partition coefficient (Wildman–Crippen LogP) is 7.91. The summed E-state index contributed by atoms with van der Waals surface area (Å²) in [5, 5.41) is 0. The Labute approximate surface area is 208 Å². The molecule has 0 aromatic heterocycles. The minimum Gasteiger partial charge on any atom is -0.420 e. The smallest absolute Gasteiger partial charge is 0.343 e. The van der Waals surface area contributed by atoms with Crippen LogP contribution in [-0.2, 0) is 4.74 Å². The summed E-state index contributed by atoms with van der Waals surface area (Å²) in [5.74, 6) is -2.75. The standard InChI is InChI=1S/C30H27F3O3/c1-2-3-18-4-6-19(7-5-18)23-13-14-24(29(33)28(23)32)20-8-10-21(11-9-20)30(34)36-26-15-12-22(16-25(26)31)27-17-35-27/h2-3,8-16,18-19,27H,4-7,17H2,1H3/b3-2+. The van der Waals surface area contributed by atoms with Crippen LogP contribution in [0.3, 0.4) is 0 Å². The van der Waals surface area contributed by atoms with Crippen LogP contribution in [0.25, 0.3) is 11.1 Å². The highest BCUT2D eigenvalue weighted by molar-refractivity contribution is 5.91. The van der Waals surface area contributed by atoms with Gasteiger partial charge in [0.15, 0.2) is 23.2 Å². The van der Waals surface area contributed by atoms with Crippen LogP contribution in [0.15, 0.2) is 66.7 Å². The van der Waals surface area contributed by atoms with E-state index in [0.717, 1.165) is 25.7 Å². The maximum absolute atomic E-state index is 15.1. The molecule has 1 aliphatic carbocycles. The second kappa shape index (κ2) is 10.3. The van der Waals surface area contributed by atoms with Crippen LogP contribution in [-0.4, -0.2) is 12.6 Å². The fourth-order valence-electron chi connectivity index (χ4n) is 4.98. The van der Waals surface area contributed by atoms with E-state index in [1.54, 1.807) is 18.2 Å². The zero-order valence-electron chi connectivity index (χ0n) is 20.0. The molecule has 5 rings (SSSR count). The van der Waals surface area contributed by atoms with Crippen molar-refractivity contribution in [3.8, 4) is 16.9 Å². The molecule has 1 saturated carbocycles. The lowest BCUT2D eigenvalue weighted by atomic mass is 9.78. The molecule has 0 spiro atoms. The van der Waals surface area contributed by atoms with E-state index in [1.807, 2.05) is 13.0 Å². The number of carbonyl (C=O) groups excluding carboxylic acids is 1. The summed E-state index contributed by atoms with van der Waals surface area (Å²) in [6.45, 7) is 2.55. The number of benzene rings is 3. The SMILES string of the molecule is C/C=C/C1CCC(c2ccc(-c3ccc(C(=O)Oc4ccc(C5CO5)cc4F)cc3)c(F)c2F)CC1. The molecule has 1 saturated heterocycles. The topological polar surface area (TPSA) is 38.8 Å². The average molecular weight is 493 g/mol. The highest BCUT2D eigenvalue weighted by Crippen LogP contribution is 2.39. The highest BCUT2D eigenvalue weighted by Gasteiger charge is 2.27. The number of halogens is 3. The van der Waals surface area contributed by atoms with Crippen molar-refractivity contribution in [3.05, 3.63) is 101 Å². The largest absolute Gasteiger partial charge is 0.420 e. The number of epoxide rings is 1. The predicted molar refractivity (Wildman–Crippen MR) is 131 cm³/mol. The molecule has 36 heavy (non-hydrogen) atoms. The molecule has 0 N–H and O–H groups in total. The van der Waals surface area contributed by atoms with Crippen molar-refractivity contribution in [1.82, 2.24) is 0 Å². The van der Waals surface area contributed by atoms with E-state index in [-0.39, 0.29) is 28.9 Å². The number of allylic oxidation sites excluding steroid dienone is 2. The molecule has 3 nitrogen and oxygen atoms in total. The number of hydrogen-bond donors (Lipinski definition) is 0. The molecule has 1 heterocycles. The van der Waals surface area contributed by atoms with Crippen molar-refractivity contribution in [3.63, 3.8) is 0 Å². The summed E-state index contributed by atoms with van der Waals surface area (Å²) in [6.07, 6.45) is 7.74. The van der Waals surface area contributed by atoms with Gasteiger partial charge in [-0.3, -0.25) is 0 Å². The van der Waals surface area contributed by atoms with Crippen LogP contribution >= 0.6 is 0 Å². The lowest BCUT2D eigenvalue weighted by Crippen LogP contribution is -2.13. The van der Waals surface area contributed by atoms with E-state index in [9.17, 15) is 9.18 Å². The Bertz CT molecular complexity index is 1290. The van der Waals surface area contributed by atoms with Gasteiger partial charge in [-0.25, -0.2) is 18.0 Å². The van der Waals surface area contributed by atoms with Gasteiger partial charge in [0, 0.05) is 5.56 Å². The van der Waals surface area contributed by atoms with Crippen molar-refractivity contribution < 1.29 is 27.4 Å². The maximum Gasteiger partial charge on any atom is 0.343 e. The fourth-order valence-corrected chi connectivity index (χ4v) is 4.98. The first-order valence-electron chi connectivity index (χ1n) is 12.3. The Morgan fingerprint density at radius 2 is 1.67 bits per heavy atom. The lowest BCUT2D eigenvalue weighted by molar-refractivity contribution is 0.0728. The Hall–Kier alpha value is -3.38. The van der Waals surface area contributed by atoms with Crippen molar-refractivity contribution in [2.24, 2.45) is 5.92 Å². The third-order valence-corrected chi connectivity index (χ3v) is 7.08. The molecule has 1 unspecified atom stereocenters. The van der Waals surface area contributed by atoms with E-state index < -0.39 is 23.4 Å². The van der Waals surface area contributed by atoms with E-state index in [0.29, 0.717) is 29.2 Å². The van der Waals surface area contributed by atoms with Gasteiger partial charge in [0.25, 0.3) is 0 Å². The van der Waals surface area contributed by atoms with Crippen molar-refractivity contribution >= 4 is 5.97 Å². The Balaban J connectivity index is 1.28. The molecule has 0 amide bonds. The van der Waals surface area contributed by atoms with Gasteiger partial charge in [-0.2, -0.15) is 0 Å². The van der Waals surface area contributed by atoms with Gasteiger partial charge in [0.2, 0.25) is 0 Å². The average Bonchev–Trinajstić information content (AvgIpc) is 3.73. The Kier molecular flexibility index (Phi) is 6.97. The van der Waals surface area contributed by atoms with E-state index in [1.165, 1.54) is 36.4 Å². The van der Waals surface area contributed by atoms with Crippen LogP contribution in [0.5, 0.6) is 5.75 Å². The first-order chi connectivity index (χ1) is 17.4. The van der Waals surface area contributed by atoms with Gasteiger partial charge in [-0.1, -0.05) is 42.5 Å². The molecule has 2 aliphatic rings. The van der Waals surface area contributed by atoms with E-state index in [2.05, 4.69) is 6.08 Å². The zero-order chi connectivity index (χ0) is 25.2. The summed E-state index contributed by atoms with van der Waals surface area (Å²) in [5.41, 5.74) is 1.85. The number of rotatable bonds is 6. The molecular weight excluding hydrogens is 465 g/mol. The summed E-state index contributed by atoms with van der Waals surface area (Å²) in [6, 6.07) is 13.6. The molecule has 1 aliphatic heterocycles. The van der Waals surface area contributed by atoms with Crippen LogP contribution in [0.2, 0.25) is 0 Å². The molecule has 3 aromatic carbocycles. The Morgan fingerprint density at radius 1 is 0.944 bits per heavy atom. The van der Waals surface area contributed by atoms with Crippen LogP contribution in [0.1, 0.15) is 66.1 Å². The molecule has 2 fully saturated rings. The monoisotopic (exact) mass is 492 g/mol. The van der Waals surface area contributed by atoms with E-state index in [4.69, 9.17) is 9.47 Å². The third kappa shape index (κ3) is 5.09. The second-order valence-electron chi connectivity index (χ2n) is 9.45. The molecular formula is C30H27F3O3. The zero-order valence-corrected chi connectivity index (χ0v) is 20.0. The number of ether oxygens (including phenoxy) is 2. The molecule has 0 bridgehead atoms. The molecule has 186 valence electrons. The van der Waals surface area contributed by atoms with Crippen molar-refractivity contribution in [2.45, 2.75) is 44.6 Å². The number of esters is 1. The Morgan fingerprint density at radius 3 is 2.31 bits per heavy atom. The second-order valence-corrected chi connectivity index (χ2v) is 9.45. The first-order valence-corrected chi connectivity index (χ1v) is 12.3. The minimum absolute atomic E-state index is 0.0125. The van der Waals surface area contributed by atoms with Crippen molar-refractivity contribution in [2.75, 3.05) is 6.61 Å². The van der Waals surface area contributed by atoms with Crippen LogP contribution in [0.4, 0.5) is 13.2 Å². The first kappa shape index (κ1) is 24.3. The highest BCUT2D eigenvalue weighted by atomic mass is 19.2. The van der Waals surface area contributed by atoms with E-state index >= 15 is 8.78 Å². The quantitative estimate of drug-likeness (QED) is 0.152.